The highest BCUT2D eigenvalue weighted by atomic mass is 15.3. The molecule has 1 aromatic heterocycles. The number of aromatic nitrogens is 2. The summed E-state index contributed by atoms with van der Waals surface area (Å²) in [7, 11) is 0. The fraction of sp³-hybridized carbons (Fsp3) is 0.786. The molecule has 0 aliphatic rings. The van der Waals surface area contributed by atoms with Gasteiger partial charge in [0.25, 0.3) is 0 Å². The van der Waals surface area contributed by atoms with Gasteiger partial charge in [0.15, 0.2) is 0 Å². The average Bonchev–Trinajstić information content (AvgIpc) is 2.48. The third-order valence-corrected chi connectivity index (χ3v) is 2.80. The van der Waals surface area contributed by atoms with Crippen LogP contribution in [0.1, 0.15) is 59.6 Å². The predicted octanol–water partition coefficient (Wildman–Crippen LogP) is 4.08. The molecule has 0 atom stereocenters. The molecular weight excluding hydrogens is 196 g/mol. The molecular formula is C14H26N2. The van der Waals surface area contributed by atoms with Gasteiger partial charge in [-0.25, -0.2) is 0 Å². The maximum absolute atomic E-state index is 4.62. The van der Waals surface area contributed by atoms with Crippen LogP contribution in [0.25, 0.3) is 0 Å². The molecule has 0 aliphatic heterocycles. The third-order valence-electron chi connectivity index (χ3n) is 2.80. The first-order valence-corrected chi connectivity index (χ1v) is 6.33. The molecule has 1 rings (SSSR count). The van der Waals surface area contributed by atoms with E-state index in [1.165, 1.54) is 12.1 Å². The van der Waals surface area contributed by atoms with E-state index in [0.29, 0.717) is 11.3 Å². The molecule has 1 aromatic rings. The maximum atomic E-state index is 4.62. The Labute approximate surface area is 100 Å². The van der Waals surface area contributed by atoms with Crippen LogP contribution >= 0.6 is 0 Å². The van der Waals surface area contributed by atoms with Crippen molar-refractivity contribution in [2.24, 2.45) is 11.3 Å². The summed E-state index contributed by atoms with van der Waals surface area (Å²) in [6.45, 7) is 14.6. The Morgan fingerprint density at radius 3 is 2.31 bits per heavy atom. The summed E-state index contributed by atoms with van der Waals surface area (Å²) >= 11 is 0. The number of nitrogens with zero attached hydrogens (tertiary/aromatic N) is 2. The second-order valence-corrected chi connectivity index (χ2v) is 6.36. The Kier molecular flexibility index (Phi) is 4.17. The second kappa shape index (κ2) is 5.03. The highest BCUT2D eigenvalue weighted by molar-refractivity contribution is 5.03. The first kappa shape index (κ1) is 13.3. The van der Waals surface area contributed by atoms with Crippen LogP contribution in [0.2, 0.25) is 0 Å². The fourth-order valence-electron chi connectivity index (χ4n) is 2.38. The Morgan fingerprint density at radius 2 is 1.88 bits per heavy atom. The van der Waals surface area contributed by atoms with E-state index in [4.69, 9.17) is 0 Å². The van der Waals surface area contributed by atoms with Gasteiger partial charge >= 0.3 is 0 Å². The first-order valence-electron chi connectivity index (χ1n) is 6.33. The molecule has 0 bridgehead atoms. The van der Waals surface area contributed by atoms with Gasteiger partial charge in [0.05, 0.1) is 5.69 Å². The molecule has 0 N–H and O–H groups in total. The SMILES string of the molecule is CC(C)CC(C)(C)Cn1ccc(C(C)C)n1. The lowest BCUT2D eigenvalue weighted by molar-refractivity contribution is 0.235. The molecule has 0 unspecified atom stereocenters. The molecule has 0 spiro atoms. The van der Waals surface area contributed by atoms with Gasteiger partial charge in [-0.05, 0) is 29.7 Å². The van der Waals surface area contributed by atoms with E-state index < -0.39 is 0 Å². The van der Waals surface area contributed by atoms with E-state index in [1.807, 2.05) is 0 Å². The van der Waals surface area contributed by atoms with Gasteiger partial charge in [-0.2, -0.15) is 5.10 Å². The van der Waals surface area contributed by atoms with E-state index in [-0.39, 0.29) is 0 Å². The van der Waals surface area contributed by atoms with Crippen LogP contribution in [0.15, 0.2) is 12.3 Å². The Hall–Kier alpha value is -0.790. The summed E-state index contributed by atoms with van der Waals surface area (Å²) < 4.78 is 2.09. The molecule has 0 saturated heterocycles. The minimum absolute atomic E-state index is 0.328. The van der Waals surface area contributed by atoms with Crippen molar-refractivity contribution in [3.05, 3.63) is 18.0 Å². The molecule has 0 saturated carbocycles. The van der Waals surface area contributed by atoms with E-state index in [9.17, 15) is 0 Å². The molecule has 0 amide bonds. The maximum Gasteiger partial charge on any atom is 0.0649 e. The van der Waals surface area contributed by atoms with Gasteiger partial charge in [-0.1, -0.05) is 41.5 Å². The molecule has 0 radical (unpaired) electrons. The highest BCUT2D eigenvalue weighted by Crippen LogP contribution is 2.27. The largest absolute Gasteiger partial charge is 0.272 e. The van der Waals surface area contributed by atoms with Gasteiger partial charge in [0.1, 0.15) is 0 Å². The molecule has 16 heavy (non-hydrogen) atoms. The van der Waals surface area contributed by atoms with Crippen molar-refractivity contribution in [2.45, 2.75) is 60.4 Å². The smallest absolute Gasteiger partial charge is 0.0649 e. The molecule has 92 valence electrons. The molecule has 2 heteroatoms. The Bertz CT molecular complexity index is 321. The molecule has 0 fully saturated rings. The van der Waals surface area contributed by atoms with Gasteiger partial charge in [0.2, 0.25) is 0 Å². The molecule has 0 aromatic carbocycles. The normalized spacial score (nSPS) is 12.8. The second-order valence-electron chi connectivity index (χ2n) is 6.36. The van der Waals surface area contributed by atoms with Crippen molar-refractivity contribution < 1.29 is 0 Å². The highest BCUT2D eigenvalue weighted by Gasteiger charge is 2.20. The lowest BCUT2D eigenvalue weighted by Gasteiger charge is -2.26. The minimum Gasteiger partial charge on any atom is -0.272 e. The molecule has 2 nitrogen and oxygen atoms in total. The quantitative estimate of drug-likeness (QED) is 0.734. The summed E-state index contributed by atoms with van der Waals surface area (Å²) in [5.74, 6) is 1.27. The fourth-order valence-corrected chi connectivity index (χ4v) is 2.38. The van der Waals surface area contributed by atoms with Gasteiger partial charge < -0.3 is 0 Å². The van der Waals surface area contributed by atoms with Crippen LogP contribution in [0.4, 0.5) is 0 Å². The van der Waals surface area contributed by atoms with E-state index >= 15 is 0 Å². The van der Waals surface area contributed by atoms with Crippen molar-refractivity contribution in [1.29, 1.82) is 0 Å². The summed E-state index contributed by atoms with van der Waals surface area (Å²) in [6, 6.07) is 2.14. The van der Waals surface area contributed by atoms with Crippen molar-refractivity contribution in [3.8, 4) is 0 Å². The summed E-state index contributed by atoms with van der Waals surface area (Å²) in [5.41, 5.74) is 1.52. The predicted molar refractivity (Wildman–Crippen MR) is 69.6 cm³/mol. The van der Waals surface area contributed by atoms with E-state index in [0.717, 1.165) is 12.5 Å². The minimum atomic E-state index is 0.328. The summed E-state index contributed by atoms with van der Waals surface area (Å²) in [4.78, 5) is 0. The van der Waals surface area contributed by atoms with Crippen molar-refractivity contribution >= 4 is 0 Å². The van der Waals surface area contributed by atoms with Crippen LogP contribution in [0.5, 0.6) is 0 Å². The summed E-state index contributed by atoms with van der Waals surface area (Å²) in [6.07, 6.45) is 3.35. The number of hydrogen-bond acceptors (Lipinski definition) is 1. The van der Waals surface area contributed by atoms with Crippen molar-refractivity contribution in [3.63, 3.8) is 0 Å². The van der Waals surface area contributed by atoms with Gasteiger partial charge in [0, 0.05) is 12.7 Å². The van der Waals surface area contributed by atoms with Crippen LogP contribution in [-0.2, 0) is 6.54 Å². The zero-order chi connectivity index (χ0) is 12.3. The molecule has 0 aliphatic carbocycles. The average molecular weight is 222 g/mol. The standard InChI is InChI=1S/C14H26N2/c1-11(2)9-14(5,6)10-16-8-7-13(15-16)12(3)4/h7-8,11-12H,9-10H2,1-6H3. The zero-order valence-electron chi connectivity index (χ0n) is 11.6. The van der Waals surface area contributed by atoms with Crippen LogP contribution in [0, 0.1) is 11.3 Å². The Balaban J connectivity index is 2.65. The van der Waals surface area contributed by atoms with Crippen LogP contribution in [-0.4, -0.2) is 9.78 Å². The van der Waals surface area contributed by atoms with Gasteiger partial charge in [-0.3, -0.25) is 4.68 Å². The third kappa shape index (κ3) is 3.99. The monoisotopic (exact) mass is 222 g/mol. The van der Waals surface area contributed by atoms with Crippen molar-refractivity contribution in [2.75, 3.05) is 0 Å². The van der Waals surface area contributed by atoms with E-state index in [2.05, 4.69) is 63.6 Å². The first-order chi connectivity index (χ1) is 7.30. The van der Waals surface area contributed by atoms with Crippen LogP contribution < -0.4 is 0 Å². The zero-order valence-corrected chi connectivity index (χ0v) is 11.6. The molecule has 1 heterocycles. The van der Waals surface area contributed by atoms with Crippen molar-refractivity contribution in [1.82, 2.24) is 9.78 Å². The summed E-state index contributed by atoms with van der Waals surface area (Å²) in [5, 5.41) is 4.62. The lowest BCUT2D eigenvalue weighted by Crippen LogP contribution is -2.22. The lowest BCUT2D eigenvalue weighted by atomic mass is 9.84. The van der Waals surface area contributed by atoms with Crippen LogP contribution in [0.3, 0.4) is 0 Å². The van der Waals surface area contributed by atoms with Gasteiger partial charge in [-0.15, -0.1) is 0 Å². The number of hydrogen-bond donors (Lipinski definition) is 0. The number of rotatable bonds is 5. The van der Waals surface area contributed by atoms with E-state index in [1.54, 1.807) is 0 Å². The topological polar surface area (TPSA) is 17.8 Å². The Morgan fingerprint density at radius 1 is 1.25 bits per heavy atom.